The number of nitrogens with one attached hydrogen (secondary N) is 1. The second-order valence-corrected chi connectivity index (χ2v) is 5.32. The van der Waals surface area contributed by atoms with E-state index in [-0.39, 0.29) is 17.8 Å². The number of aromatic nitrogens is 1. The lowest BCUT2D eigenvalue weighted by molar-refractivity contribution is -0.145. The highest BCUT2D eigenvalue weighted by molar-refractivity contribution is 5.86. The van der Waals surface area contributed by atoms with E-state index in [2.05, 4.69) is 11.1 Å². The third-order valence-electron chi connectivity index (χ3n) is 4.00. The Hall–Kier alpha value is -2.32. The predicted molar refractivity (Wildman–Crippen MR) is 76.2 cm³/mol. The number of carbonyl (C=O) groups is 1. The van der Waals surface area contributed by atoms with E-state index in [9.17, 15) is 9.90 Å². The number of rotatable bonds is 4. The molecule has 0 aliphatic heterocycles. The number of aliphatic hydroxyl groups is 1. The number of aromatic amines is 1. The zero-order valence-corrected chi connectivity index (χ0v) is 11.7. The van der Waals surface area contributed by atoms with Gasteiger partial charge in [-0.25, -0.2) is 0 Å². The van der Waals surface area contributed by atoms with Crippen LogP contribution in [0.3, 0.4) is 0 Å². The van der Waals surface area contributed by atoms with Crippen molar-refractivity contribution in [3.05, 3.63) is 35.5 Å². The summed E-state index contributed by atoms with van der Waals surface area (Å²) in [7, 11) is 0. The van der Waals surface area contributed by atoms with Gasteiger partial charge in [0.1, 0.15) is 6.07 Å². The molecule has 0 saturated heterocycles. The number of fused-ring (bicyclic) bond motifs is 1. The van der Waals surface area contributed by atoms with Crippen molar-refractivity contribution >= 4 is 16.9 Å². The summed E-state index contributed by atoms with van der Waals surface area (Å²) in [6.45, 7) is 2.13. The number of ether oxygens (including phenoxy) is 1. The second kappa shape index (κ2) is 5.23. The van der Waals surface area contributed by atoms with Gasteiger partial charge in [0.25, 0.3) is 0 Å². The second-order valence-electron chi connectivity index (χ2n) is 5.32. The molecule has 0 radical (unpaired) electrons. The van der Waals surface area contributed by atoms with Crippen LogP contribution >= 0.6 is 0 Å². The Bertz CT molecular complexity index is 729. The standard InChI is InChI=1S/C16H16N2O3/c1-2-21-16(20)13-6-12(13)15(19)9-3-4-14-11(5-9)10(7-17)8-18-14/h3-5,8,12-13,15,18-19H,2,6H2,1H3. The Balaban J connectivity index is 1.81. The summed E-state index contributed by atoms with van der Waals surface area (Å²) in [5.74, 6) is -0.537. The maximum Gasteiger partial charge on any atom is 0.309 e. The van der Waals surface area contributed by atoms with Crippen LogP contribution in [-0.4, -0.2) is 22.7 Å². The monoisotopic (exact) mass is 284 g/mol. The number of carbonyl (C=O) groups excluding carboxylic acids is 1. The molecule has 5 heteroatoms. The quantitative estimate of drug-likeness (QED) is 0.843. The number of esters is 1. The Labute approximate surface area is 122 Å². The highest BCUT2D eigenvalue weighted by Crippen LogP contribution is 2.48. The molecule has 1 saturated carbocycles. The smallest absolute Gasteiger partial charge is 0.309 e. The summed E-state index contributed by atoms with van der Waals surface area (Å²) in [6.07, 6.45) is 1.60. The van der Waals surface area contributed by atoms with Gasteiger partial charge < -0.3 is 14.8 Å². The van der Waals surface area contributed by atoms with Crippen LogP contribution in [0.2, 0.25) is 0 Å². The summed E-state index contributed by atoms with van der Waals surface area (Å²) >= 11 is 0. The molecule has 0 spiro atoms. The Morgan fingerprint density at radius 3 is 3.14 bits per heavy atom. The minimum absolute atomic E-state index is 0.0917. The molecule has 1 heterocycles. The molecule has 2 aromatic rings. The molecule has 3 rings (SSSR count). The summed E-state index contributed by atoms with van der Waals surface area (Å²) in [5, 5.41) is 20.3. The molecular formula is C16H16N2O3. The largest absolute Gasteiger partial charge is 0.466 e. The summed E-state index contributed by atoms with van der Waals surface area (Å²) < 4.78 is 4.98. The first-order valence-electron chi connectivity index (χ1n) is 7.01. The van der Waals surface area contributed by atoms with Gasteiger partial charge in [0.05, 0.1) is 24.2 Å². The number of nitriles is 1. The van der Waals surface area contributed by atoms with Crippen LogP contribution in [0.4, 0.5) is 0 Å². The van der Waals surface area contributed by atoms with Crippen molar-refractivity contribution in [1.82, 2.24) is 4.98 Å². The highest BCUT2D eigenvalue weighted by atomic mass is 16.5. The van der Waals surface area contributed by atoms with Gasteiger partial charge in [-0.2, -0.15) is 5.26 Å². The maximum absolute atomic E-state index is 11.6. The fraction of sp³-hybridized carbons (Fsp3) is 0.375. The van der Waals surface area contributed by atoms with Crippen LogP contribution in [0.1, 0.15) is 30.6 Å². The fourth-order valence-corrected chi connectivity index (χ4v) is 2.75. The van der Waals surface area contributed by atoms with Crippen LogP contribution in [0, 0.1) is 23.2 Å². The van der Waals surface area contributed by atoms with Crippen LogP contribution < -0.4 is 0 Å². The Kier molecular flexibility index (Phi) is 3.40. The molecule has 1 aromatic carbocycles. The predicted octanol–water partition coefficient (Wildman–Crippen LogP) is 2.27. The minimum Gasteiger partial charge on any atom is -0.466 e. The van der Waals surface area contributed by atoms with E-state index in [4.69, 9.17) is 10.00 Å². The van der Waals surface area contributed by atoms with Crippen LogP contribution in [0.25, 0.3) is 10.9 Å². The third kappa shape index (κ3) is 2.39. The Morgan fingerprint density at radius 2 is 2.43 bits per heavy atom. The number of H-pyrrole nitrogens is 1. The molecule has 0 bridgehead atoms. The van der Waals surface area contributed by atoms with Gasteiger partial charge in [0, 0.05) is 23.0 Å². The molecule has 108 valence electrons. The summed E-state index contributed by atoms with van der Waals surface area (Å²) in [5.41, 5.74) is 2.15. The number of aliphatic hydroxyl groups excluding tert-OH is 1. The number of benzene rings is 1. The van der Waals surface area contributed by atoms with E-state index < -0.39 is 6.10 Å². The minimum atomic E-state index is -0.703. The number of hydrogen-bond donors (Lipinski definition) is 2. The Morgan fingerprint density at radius 1 is 1.62 bits per heavy atom. The van der Waals surface area contributed by atoms with Crippen molar-refractivity contribution in [2.75, 3.05) is 6.61 Å². The average Bonchev–Trinajstić information content (AvgIpc) is 3.19. The molecule has 3 atom stereocenters. The number of nitrogens with zero attached hydrogens (tertiary/aromatic N) is 1. The molecule has 1 aliphatic rings. The van der Waals surface area contributed by atoms with E-state index in [1.807, 2.05) is 18.2 Å². The molecule has 0 amide bonds. The third-order valence-corrected chi connectivity index (χ3v) is 4.00. The average molecular weight is 284 g/mol. The van der Waals surface area contributed by atoms with Gasteiger partial charge in [0.15, 0.2) is 0 Å². The van der Waals surface area contributed by atoms with Crippen molar-refractivity contribution < 1.29 is 14.6 Å². The van der Waals surface area contributed by atoms with Gasteiger partial charge >= 0.3 is 5.97 Å². The molecule has 1 aromatic heterocycles. The van der Waals surface area contributed by atoms with E-state index in [0.29, 0.717) is 18.6 Å². The summed E-state index contributed by atoms with van der Waals surface area (Å²) in [4.78, 5) is 14.7. The van der Waals surface area contributed by atoms with Crippen molar-refractivity contribution in [2.24, 2.45) is 11.8 Å². The van der Waals surface area contributed by atoms with E-state index in [1.54, 1.807) is 13.1 Å². The zero-order chi connectivity index (χ0) is 15.0. The SMILES string of the molecule is CCOC(=O)C1CC1C(O)c1ccc2[nH]cc(C#N)c2c1. The topological polar surface area (TPSA) is 86.1 Å². The van der Waals surface area contributed by atoms with E-state index in [1.165, 1.54) is 0 Å². The van der Waals surface area contributed by atoms with Crippen molar-refractivity contribution in [2.45, 2.75) is 19.4 Å². The molecular weight excluding hydrogens is 268 g/mol. The molecule has 2 N–H and O–H groups in total. The zero-order valence-electron chi connectivity index (χ0n) is 11.7. The molecule has 5 nitrogen and oxygen atoms in total. The highest BCUT2D eigenvalue weighted by Gasteiger charge is 2.48. The van der Waals surface area contributed by atoms with Gasteiger partial charge in [0.2, 0.25) is 0 Å². The van der Waals surface area contributed by atoms with Gasteiger partial charge in [-0.05, 0) is 31.0 Å². The molecule has 3 unspecified atom stereocenters. The van der Waals surface area contributed by atoms with Gasteiger partial charge in [-0.15, -0.1) is 0 Å². The van der Waals surface area contributed by atoms with Crippen molar-refractivity contribution in [1.29, 1.82) is 5.26 Å². The lowest BCUT2D eigenvalue weighted by Gasteiger charge is -2.11. The van der Waals surface area contributed by atoms with Crippen LogP contribution in [0.15, 0.2) is 24.4 Å². The molecule has 1 aliphatic carbocycles. The first-order valence-corrected chi connectivity index (χ1v) is 7.01. The normalized spacial score (nSPS) is 21.8. The molecule has 1 fully saturated rings. The lowest BCUT2D eigenvalue weighted by Crippen LogP contribution is -2.10. The maximum atomic E-state index is 11.6. The van der Waals surface area contributed by atoms with Crippen LogP contribution in [0.5, 0.6) is 0 Å². The first-order chi connectivity index (χ1) is 10.2. The molecule has 21 heavy (non-hydrogen) atoms. The van der Waals surface area contributed by atoms with E-state index >= 15 is 0 Å². The van der Waals surface area contributed by atoms with Crippen LogP contribution in [-0.2, 0) is 9.53 Å². The van der Waals surface area contributed by atoms with Crippen molar-refractivity contribution in [3.63, 3.8) is 0 Å². The lowest BCUT2D eigenvalue weighted by atomic mass is 10.0. The van der Waals surface area contributed by atoms with Crippen molar-refractivity contribution in [3.8, 4) is 6.07 Å². The fourth-order valence-electron chi connectivity index (χ4n) is 2.75. The van der Waals surface area contributed by atoms with E-state index in [0.717, 1.165) is 16.5 Å². The number of hydrogen-bond acceptors (Lipinski definition) is 4. The van der Waals surface area contributed by atoms with Gasteiger partial charge in [-0.3, -0.25) is 4.79 Å². The van der Waals surface area contributed by atoms with Gasteiger partial charge in [-0.1, -0.05) is 6.07 Å². The first kappa shape index (κ1) is 13.7. The summed E-state index contributed by atoms with van der Waals surface area (Å²) in [6, 6.07) is 7.60.